The number of anilines is 1. The average Bonchev–Trinajstić information content (AvgIpc) is 2.27. The van der Waals surface area contributed by atoms with E-state index in [0.29, 0.717) is 11.6 Å². The lowest BCUT2D eigenvalue weighted by atomic mass is 10.2. The molecule has 78 valence electrons. The predicted octanol–water partition coefficient (Wildman–Crippen LogP) is 0.163. The molecule has 0 atom stereocenters. The maximum atomic E-state index is 10.9. The van der Waals surface area contributed by atoms with E-state index in [4.69, 9.17) is 17.3 Å². The van der Waals surface area contributed by atoms with Crippen LogP contribution in [-0.4, -0.2) is 29.7 Å². The third-order valence-electron chi connectivity index (χ3n) is 2.17. The zero-order chi connectivity index (χ0) is 10.3. The Morgan fingerprint density at radius 1 is 1.64 bits per heavy atom. The van der Waals surface area contributed by atoms with Gasteiger partial charge in [0, 0.05) is 18.7 Å². The maximum absolute atomic E-state index is 10.9. The van der Waals surface area contributed by atoms with Crippen LogP contribution in [0.1, 0.15) is 0 Å². The number of halogens is 1. The van der Waals surface area contributed by atoms with Gasteiger partial charge >= 0.3 is 0 Å². The number of rotatable bonds is 2. The molecule has 7 heteroatoms. The second-order valence-corrected chi connectivity index (χ2v) is 6.09. The van der Waals surface area contributed by atoms with Gasteiger partial charge in [-0.15, -0.1) is 0 Å². The molecule has 1 aliphatic heterocycles. The van der Waals surface area contributed by atoms with Crippen LogP contribution in [0.25, 0.3) is 0 Å². The summed E-state index contributed by atoms with van der Waals surface area (Å²) in [5.74, 6) is 0.915. The molecule has 0 aliphatic carbocycles. The Bertz CT molecular complexity index is 422. The minimum atomic E-state index is -2.76. The molecule has 0 bridgehead atoms. The van der Waals surface area contributed by atoms with E-state index in [0.717, 1.165) is 0 Å². The van der Waals surface area contributed by atoms with Crippen molar-refractivity contribution < 1.29 is 8.42 Å². The molecule has 2 rings (SSSR count). The molecule has 0 aromatic carbocycles. The molecule has 0 spiro atoms. The fraction of sp³-hybridized carbons (Fsp3) is 0.571. The first-order chi connectivity index (χ1) is 6.46. The van der Waals surface area contributed by atoms with Crippen LogP contribution in [0.3, 0.4) is 0 Å². The third kappa shape index (κ3) is 1.85. The number of aromatic nitrogens is 2. The summed E-state index contributed by atoms with van der Waals surface area (Å²) in [7, 11) is -2.76. The summed E-state index contributed by atoms with van der Waals surface area (Å²) in [4.78, 5) is 0. The average molecular weight is 236 g/mol. The number of hydrogen-bond acceptors (Lipinski definition) is 4. The Morgan fingerprint density at radius 3 is 2.71 bits per heavy atom. The standard InChI is InChI=1S/C7H10ClN3O2S/c8-6-2-11(10-7(6)9)1-5-3-14(12,13)4-5/h2,5H,1,3-4H2,(H2,9,10). The van der Waals surface area contributed by atoms with Gasteiger partial charge in [-0.25, -0.2) is 8.42 Å². The smallest absolute Gasteiger partial charge is 0.164 e. The predicted molar refractivity (Wildman–Crippen MR) is 53.8 cm³/mol. The molecule has 0 amide bonds. The molecule has 2 N–H and O–H groups in total. The molecule has 1 aromatic heterocycles. The molecule has 1 aromatic rings. The Hall–Kier alpha value is -0.750. The zero-order valence-electron chi connectivity index (χ0n) is 7.35. The van der Waals surface area contributed by atoms with Crippen LogP contribution in [0, 0.1) is 5.92 Å². The second-order valence-electron chi connectivity index (χ2n) is 3.53. The van der Waals surface area contributed by atoms with Crippen LogP contribution in [0.4, 0.5) is 5.82 Å². The van der Waals surface area contributed by atoms with Gasteiger partial charge in [0.15, 0.2) is 15.7 Å². The Labute approximate surface area is 86.8 Å². The molecule has 1 fully saturated rings. The van der Waals surface area contributed by atoms with Gasteiger partial charge in [0.25, 0.3) is 0 Å². The largest absolute Gasteiger partial charge is 0.381 e. The van der Waals surface area contributed by atoms with Crippen molar-refractivity contribution in [3.8, 4) is 0 Å². The number of nitrogens with zero attached hydrogens (tertiary/aromatic N) is 2. The van der Waals surface area contributed by atoms with Gasteiger partial charge in [0.2, 0.25) is 0 Å². The normalized spacial score (nSPS) is 20.6. The van der Waals surface area contributed by atoms with E-state index >= 15 is 0 Å². The van der Waals surface area contributed by atoms with Gasteiger partial charge in [-0.3, -0.25) is 4.68 Å². The summed E-state index contributed by atoms with van der Waals surface area (Å²) in [6.45, 7) is 0.566. The van der Waals surface area contributed by atoms with E-state index in [1.807, 2.05) is 0 Å². The topological polar surface area (TPSA) is 78.0 Å². The van der Waals surface area contributed by atoms with Gasteiger partial charge < -0.3 is 5.73 Å². The van der Waals surface area contributed by atoms with Crippen LogP contribution in [0.5, 0.6) is 0 Å². The summed E-state index contributed by atoms with van der Waals surface area (Å²) >= 11 is 5.70. The summed E-state index contributed by atoms with van der Waals surface area (Å²) in [5, 5.41) is 4.36. The van der Waals surface area contributed by atoms with Crippen molar-refractivity contribution in [2.75, 3.05) is 17.2 Å². The molecule has 0 saturated carbocycles. The second kappa shape index (κ2) is 3.13. The van der Waals surface area contributed by atoms with E-state index in [1.165, 1.54) is 0 Å². The monoisotopic (exact) mass is 235 g/mol. The van der Waals surface area contributed by atoms with Crippen molar-refractivity contribution in [2.45, 2.75) is 6.54 Å². The van der Waals surface area contributed by atoms with Crippen molar-refractivity contribution in [1.29, 1.82) is 0 Å². The highest BCUT2D eigenvalue weighted by molar-refractivity contribution is 7.92. The summed E-state index contributed by atoms with van der Waals surface area (Å²) in [5.41, 5.74) is 5.45. The van der Waals surface area contributed by atoms with Gasteiger partial charge in [0.05, 0.1) is 11.5 Å². The third-order valence-corrected chi connectivity index (χ3v) is 4.42. The molecule has 0 radical (unpaired) electrons. The van der Waals surface area contributed by atoms with E-state index in [9.17, 15) is 8.42 Å². The SMILES string of the molecule is Nc1nn(CC2CS(=O)(=O)C2)cc1Cl. The highest BCUT2D eigenvalue weighted by Crippen LogP contribution is 2.22. The fourth-order valence-electron chi connectivity index (χ4n) is 1.54. The molecular weight excluding hydrogens is 226 g/mol. The van der Waals surface area contributed by atoms with Crippen LogP contribution < -0.4 is 5.73 Å². The van der Waals surface area contributed by atoms with Gasteiger partial charge in [-0.1, -0.05) is 11.6 Å². The summed E-state index contributed by atoms with van der Waals surface area (Å²) < 4.78 is 23.4. The minimum absolute atomic E-state index is 0.148. The highest BCUT2D eigenvalue weighted by Gasteiger charge is 2.33. The van der Waals surface area contributed by atoms with E-state index < -0.39 is 9.84 Å². The Morgan fingerprint density at radius 2 is 2.29 bits per heavy atom. The molecule has 5 nitrogen and oxygen atoms in total. The number of nitrogens with two attached hydrogens (primary N) is 1. The molecular formula is C7H10ClN3O2S. The van der Waals surface area contributed by atoms with Gasteiger partial charge in [-0.2, -0.15) is 5.10 Å². The van der Waals surface area contributed by atoms with Crippen molar-refractivity contribution in [2.24, 2.45) is 5.92 Å². The molecule has 2 heterocycles. The first-order valence-electron chi connectivity index (χ1n) is 4.15. The summed E-state index contributed by atoms with van der Waals surface area (Å²) in [6, 6.07) is 0. The number of hydrogen-bond donors (Lipinski definition) is 1. The zero-order valence-corrected chi connectivity index (χ0v) is 8.92. The molecule has 1 aliphatic rings. The first-order valence-corrected chi connectivity index (χ1v) is 6.35. The molecule has 0 unspecified atom stereocenters. The lowest BCUT2D eigenvalue weighted by molar-refractivity contribution is 0.443. The van der Waals surface area contributed by atoms with Crippen molar-refractivity contribution >= 4 is 27.3 Å². The van der Waals surface area contributed by atoms with E-state index in [2.05, 4.69) is 5.10 Å². The lowest BCUT2D eigenvalue weighted by Crippen LogP contribution is -2.39. The fourth-order valence-corrected chi connectivity index (χ4v) is 3.24. The highest BCUT2D eigenvalue weighted by atomic mass is 35.5. The van der Waals surface area contributed by atoms with Crippen molar-refractivity contribution in [1.82, 2.24) is 9.78 Å². The number of nitrogen functional groups attached to an aromatic ring is 1. The van der Waals surface area contributed by atoms with Crippen molar-refractivity contribution in [3.05, 3.63) is 11.2 Å². The molecule has 14 heavy (non-hydrogen) atoms. The van der Waals surface area contributed by atoms with Crippen LogP contribution in [0.15, 0.2) is 6.20 Å². The minimum Gasteiger partial charge on any atom is -0.381 e. The van der Waals surface area contributed by atoms with Gasteiger partial charge in [0.1, 0.15) is 5.02 Å². The van der Waals surface area contributed by atoms with E-state index in [-0.39, 0.29) is 23.2 Å². The first kappa shape index (κ1) is 9.79. The van der Waals surface area contributed by atoms with Crippen LogP contribution in [-0.2, 0) is 16.4 Å². The van der Waals surface area contributed by atoms with Crippen molar-refractivity contribution in [3.63, 3.8) is 0 Å². The Balaban J connectivity index is 2.00. The quantitative estimate of drug-likeness (QED) is 0.792. The van der Waals surface area contributed by atoms with Crippen LogP contribution in [0.2, 0.25) is 5.02 Å². The number of sulfone groups is 1. The molecule has 1 saturated heterocycles. The Kier molecular flexibility index (Phi) is 2.19. The van der Waals surface area contributed by atoms with E-state index in [1.54, 1.807) is 10.9 Å². The lowest BCUT2D eigenvalue weighted by Gasteiger charge is -2.25. The van der Waals surface area contributed by atoms with Gasteiger partial charge in [-0.05, 0) is 0 Å². The summed E-state index contributed by atoms with van der Waals surface area (Å²) in [6.07, 6.45) is 1.61. The maximum Gasteiger partial charge on any atom is 0.164 e. The van der Waals surface area contributed by atoms with Crippen LogP contribution >= 0.6 is 11.6 Å².